The lowest BCUT2D eigenvalue weighted by atomic mass is 9.79. The number of hydrogen-bond acceptors (Lipinski definition) is 3. The molecule has 5 heteroatoms. The highest BCUT2D eigenvalue weighted by molar-refractivity contribution is 5.86. The van der Waals surface area contributed by atoms with Gasteiger partial charge in [0.25, 0.3) is 0 Å². The van der Waals surface area contributed by atoms with Crippen molar-refractivity contribution >= 4 is 11.8 Å². The van der Waals surface area contributed by atoms with Crippen molar-refractivity contribution in [3.05, 3.63) is 35.4 Å². The third-order valence-electron chi connectivity index (χ3n) is 7.08. The summed E-state index contributed by atoms with van der Waals surface area (Å²) in [5.41, 5.74) is 3.01. The van der Waals surface area contributed by atoms with Gasteiger partial charge in [0, 0.05) is 44.6 Å². The lowest BCUT2D eigenvalue weighted by Gasteiger charge is -2.40. The SMILES string of the molecule is CC(C)c1ccc(CN2CCC[C@]3(CCN(C(=O)CN4CCCC4=O)C3)C2)cc1. The average molecular weight is 398 g/mol. The van der Waals surface area contributed by atoms with Crippen molar-refractivity contribution in [2.75, 3.05) is 39.3 Å². The molecular formula is C24H35N3O2. The zero-order valence-electron chi connectivity index (χ0n) is 18.0. The minimum absolute atomic E-state index is 0.138. The molecule has 0 aromatic heterocycles. The maximum atomic E-state index is 12.8. The van der Waals surface area contributed by atoms with E-state index in [0.717, 1.165) is 52.1 Å². The van der Waals surface area contributed by atoms with Crippen LogP contribution >= 0.6 is 0 Å². The molecule has 0 unspecified atom stereocenters. The zero-order chi connectivity index (χ0) is 20.4. The fourth-order valence-corrected chi connectivity index (χ4v) is 5.33. The van der Waals surface area contributed by atoms with Gasteiger partial charge in [-0.1, -0.05) is 38.1 Å². The summed E-state index contributed by atoms with van der Waals surface area (Å²) in [6.45, 7) is 10.4. The smallest absolute Gasteiger partial charge is 0.242 e. The van der Waals surface area contributed by atoms with Crippen LogP contribution in [0, 0.1) is 5.41 Å². The molecule has 0 saturated carbocycles. The summed E-state index contributed by atoms with van der Waals surface area (Å²) in [4.78, 5) is 30.9. The quantitative estimate of drug-likeness (QED) is 0.766. The number of benzene rings is 1. The van der Waals surface area contributed by atoms with Crippen molar-refractivity contribution in [3.63, 3.8) is 0 Å². The van der Waals surface area contributed by atoms with Crippen molar-refractivity contribution in [1.29, 1.82) is 0 Å². The number of rotatable bonds is 5. The molecule has 1 atom stereocenters. The van der Waals surface area contributed by atoms with Crippen LogP contribution in [0.2, 0.25) is 0 Å². The number of nitrogens with zero attached hydrogens (tertiary/aromatic N) is 3. The molecule has 158 valence electrons. The minimum atomic E-state index is 0.138. The van der Waals surface area contributed by atoms with Gasteiger partial charge in [0.2, 0.25) is 11.8 Å². The molecule has 0 N–H and O–H groups in total. The van der Waals surface area contributed by atoms with Gasteiger partial charge in [-0.15, -0.1) is 0 Å². The van der Waals surface area contributed by atoms with E-state index in [-0.39, 0.29) is 23.8 Å². The second-order valence-corrected chi connectivity index (χ2v) is 9.69. The Balaban J connectivity index is 1.33. The normalized spacial score (nSPS) is 25.6. The van der Waals surface area contributed by atoms with E-state index in [0.29, 0.717) is 12.3 Å². The summed E-state index contributed by atoms with van der Waals surface area (Å²) < 4.78 is 0. The van der Waals surface area contributed by atoms with Crippen LogP contribution in [0.5, 0.6) is 0 Å². The molecule has 1 aromatic rings. The third-order valence-corrected chi connectivity index (χ3v) is 7.08. The van der Waals surface area contributed by atoms with Gasteiger partial charge < -0.3 is 9.80 Å². The fourth-order valence-electron chi connectivity index (χ4n) is 5.33. The first-order chi connectivity index (χ1) is 13.9. The molecule has 3 aliphatic rings. The largest absolute Gasteiger partial charge is 0.341 e. The van der Waals surface area contributed by atoms with Gasteiger partial charge in [-0.25, -0.2) is 0 Å². The van der Waals surface area contributed by atoms with E-state index in [9.17, 15) is 9.59 Å². The van der Waals surface area contributed by atoms with Crippen molar-refractivity contribution in [2.24, 2.45) is 5.41 Å². The first-order valence-corrected chi connectivity index (χ1v) is 11.3. The highest BCUT2D eigenvalue weighted by Gasteiger charge is 2.43. The molecule has 29 heavy (non-hydrogen) atoms. The summed E-state index contributed by atoms with van der Waals surface area (Å²) in [6.07, 6.45) is 5.00. The molecule has 5 nitrogen and oxygen atoms in total. The van der Waals surface area contributed by atoms with Crippen LogP contribution in [0.4, 0.5) is 0 Å². The predicted octanol–water partition coefficient (Wildman–Crippen LogP) is 3.25. The molecule has 3 fully saturated rings. The van der Waals surface area contributed by atoms with Crippen molar-refractivity contribution < 1.29 is 9.59 Å². The monoisotopic (exact) mass is 397 g/mol. The summed E-state index contributed by atoms with van der Waals surface area (Å²) in [5, 5.41) is 0. The molecule has 2 amide bonds. The summed E-state index contributed by atoms with van der Waals surface area (Å²) >= 11 is 0. The maximum Gasteiger partial charge on any atom is 0.242 e. The van der Waals surface area contributed by atoms with Crippen LogP contribution in [-0.4, -0.2) is 65.8 Å². The van der Waals surface area contributed by atoms with E-state index in [1.54, 1.807) is 4.90 Å². The van der Waals surface area contributed by atoms with Crippen LogP contribution in [0.1, 0.15) is 63.0 Å². The number of hydrogen-bond donors (Lipinski definition) is 0. The van der Waals surface area contributed by atoms with E-state index in [2.05, 4.69) is 43.0 Å². The molecule has 3 aliphatic heterocycles. The lowest BCUT2D eigenvalue weighted by Crippen LogP contribution is -2.46. The minimum Gasteiger partial charge on any atom is -0.341 e. The van der Waals surface area contributed by atoms with Crippen LogP contribution in [-0.2, 0) is 16.1 Å². The molecule has 1 spiro atoms. The molecule has 0 aliphatic carbocycles. The van der Waals surface area contributed by atoms with Gasteiger partial charge in [-0.3, -0.25) is 14.5 Å². The first-order valence-electron chi connectivity index (χ1n) is 11.3. The van der Waals surface area contributed by atoms with Crippen LogP contribution in [0.15, 0.2) is 24.3 Å². The molecule has 0 radical (unpaired) electrons. The second-order valence-electron chi connectivity index (χ2n) is 9.69. The number of carbonyl (C=O) groups excluding carboxylic acids is 2. The average Bonchev–Trinajstić information content (AvgIpc) is 3.29. The Morgan fingerprint density at radius 1 is 1.03 bits per heavy atom. The standard InChI is InChI=1S/C24H35N3O2/c1-19(2)21-8-6-20(7-9-21)15-25-12-4-10-24(17-25)11-14-27(18-24)23(29)16-26-13-3-5-22(26)28/h6-9,19H,3-5,10-18H2,1-2H3/t24-/m0/s1. The highest BCUT2D eigenvalue weighted by Crippen LogP contribution is 2.39. The maximum absolute atomic E-state index is 12.8. The van der Waals surface area contributed by atoms with E-state index < -0.39 is 0 Å². The Bertz CT molecular complexity index is 745. The first kappa shape index (κ1) is 20.4. The van der Waals surface area contributed by atoms with Gasteiger partial charge in [0.15, 0.2) is 0 Å². The molecule has 0 bridgehead atoms. The molecular weight excluding hydrogens is 362 g/mol. The number of amides is 2. The van der Waals surface area contributed by atoms with Crippen molar-refractivity contribution in [2.45, 2.75) is 58.4 Å². The molecule has 1 aromatic carbocycles. The Labute approximate surface area is 175 Å². The van der Waals surface area contributed by atoms with Crippen LogP contribution in [0.25, 0.3) is 0 Å². The number of likely N-dealkylation sites (tertiary alicyclic amines) is 3. The van der Waals surface area contributed by atoms with Gasteiger partial charge in [0.1, 0.15) is 0 Å². The van der Waals surface area contributed by atoms with E-state index >= 15 is 0 Å². The molecule has 3 saturated heterocycles. The Morgan fingerprint density at radius 2 is 1.83 bits per heavy atom. The van der Waals surface area contributed by atoms with Crippen LogP contribution in [0.3, 0.4) is 0 Å². The van der Waals surface area contributed by atoms with E-state index in [4.69, 9.17) is 0 Å². The molecule has 4 rings (SSSR count). The second kappa shape index (κ2) is 8.47. The zero-order valence-corrected chi connectivity index (χ0v) is 18.0. The summed E-state index contributed by atoms with van der Waals surface area (Å²) in [5.74, 6) is 0.846. The third kappa shape index (κ3) is 4.66. The van der Waals surface area contributed by atoms with Crippen molar-refractivity contribution in [3.8, 4) is 0 Å². The van der Waals surface area contributed by atoms with Gasteiger partial charge in [-0.05, 0) is 49.3 Å². The van der Waals surface area contributed by atoms with Gasteiger partial charge in [-0.2, -0.15) is 0 Å². The lowest BCUT2D eigenvalue weighted by molar-refractivity contribution is -0.138. The summed E-state index contributed by atoms with van der Waals surface area (Å²) in [7, 11) is 0. The summed E-state index contributed by atoms with van der Waals surface area (Å²) in [6, 6.07) is 9.06. The predicted molar refractivity (Wildman–Crippen MR) is 114 cm³/mol. The Hall–Kier alpha value is -1.88. The van der Waals surface area contributed by atoms with Gasteiger partial charge >= 0.3 is 0 Å². The number of piperidine rings is 1. The topological polar surface area (TPSA) is 43.9 Å². The molecule has 3 heterocycles. The van der Waals surface area contributed by atoms with E-state index in [1.165, 1.54) is 24.0 Å². The van der Waals surface area contributed by atoms with Gasteiger partial charge in [0.05, 0.1) is 6.54 Å². The van der Waals surface area contributed by atoms with E-state index in [1.807, 2.05) is 4.90 Å². The Kier molecular flexibility index (Phi) is 5.95. The fraction of sp³-hybridized carbons (Fsp3) is 0.667. The van der Waals surface area contributed by atoms with Crippen LogP contribution < -0.4 is 0 Å². The van der Waals surface area contributed by atoms with Crippen molar-refractivity contribution in [1.82, 2.24) is 14.7 Å². The highest BCUT2D eigenvalue weighted by atomic mass is 16.2. The Morgan fingerprint density at radius 3 is 2.52 bits per heavy atom. The number of carbonyl (C=O) groups is 2.